The Kier molecular flexibility index (Phi) is 4.94. The van der Waals surface area contributed by atoms with Gasteiger partial charge >= 0.3 is 0 Å². The number of carbonyl (C=O) groups is 1. The second kappa shape index (κ2) is 6.36. The molecule has 0 bridgehead atoms. The Morgan fingerprint density at radius 1 is 1.33 bits per heavy atom. The van der Waals surface area contributed by atoms with Crippen molar-refractivity contribution in [1.82, 2.24) is 5.32 Å². The quantitative estimate of drug-likeness (QED) is 0.823. The number of Topliss-reactive ketones (excluding diaryl/α,β-unsaturated/α-hetero) is 1. The van der Waals surface area contributed by atoms with Gasteiger partial charge in [-0.3, -0.25) is 4.79 Å². The fraction of sp³-hybridized carbons (Fsp3) is 0.562. The van der Waals surface area contributed by atoms with Crippen LogP contribution in [0.4, 0.5) is 0 Å². The topological polar surface area (TPSA) is 47.6 Å². The summed E-state index contributed by atoms with van der Waals surface area (Å²) in [6.45, 7) is 5.81. The van der Waals surface area contributed by atoms with E-state index >= 15 is 0 Å². The number of halogens is 1. The maximum Gasteiger partial charge on any atom is 0.174 e. The van der Waals surface area contributed by atoms with Gasteiger partial charge in [-0.2, -0.15) is 0 Å². The number of carbonyl (C=O) groups excluding carboxylic acids is 1. The average Bonchev–Trinajstić information content (AvgIpc) is 2.97. The van der Waals surface area contributed by atoms with E-state index in [1.54, 1.807) is 26.4 Å². The summed E-state index contributed by atoms with van der Waals surface area (Å²) in [7, 11) is 3.17. The number of methoxy groups -OCH3 is 2. The molecule has 1 atom stereocenters. The molecular weight excluding hydrogens is 334 g/mol. The number of benzene rings is 1. The Morgan fingerprint density at radius 3 is 2.52 bits per heavy atom. The molecule has 2 rings (SSSR count). The normalized spacial score (nSPS) is 21.6. The van der Waals surface area contributed by atoms with Gasteiger partial charge in [0.25, 0.3) is 0 Å². The summed E-state index contributed by atoms with van der Waals surface area (Å²) in [6.07, 6.45) is 0.857. The van der Waals surface area contributed by atoms with Crippen LogP contribution in [0, 0.1) is 11.3 Å². The summed E-state index contributed by atoms with van der Waals surface area (Å²) in [5, 5.41) is 3.32. The number of hydrogen-bond acceptors (Lipinski definition) is 4. The number of ether oxygens (including phenoxy) is 2. The van der Waals surface area contributed by atoms with E-state index in [2.05, 4.69) is 35.1 Å². The molecule has 1 heterocycles. The van der Waals surface area contributed by atoms with Gasteiger partial charge in [-0.25, -0.2) is 0 Å². The van der Waals surface area contributed by atoms with Gasteiger partial charge in [0, 0.05) is 12.0 Å². The van der Waals surface area contributed by atoms with Crippen LogP contribution in [0.5, 0.6) is 11.5 Å². The molecule has 0 aliphatic carbocycles. The first-order valence-electron chi connectivity index (χ1n) is 7.14. The molecule has 0 radical (unpaired) electrons. The lowest BCUT2D eigenvalue weighted by Crippen LogP contribution is -2.38. The van der Waals surface area contributed by atoms with Crippen molar-refractivity contribution in [2.75, 3.05) is 27.3 Å². The fourth-order valence-corrected chi connectivity index (χ4v) is 3.67. The number of nitrogens with one attached hydrogen (secondary N) is 1. The summed E-state index contributed by atoms with van der Waals surface area (Å²) >= 11 is 3.47. The van der Waals surface area contributed by atoms with Gasteiger partial charge in [0.1, 0.15) is 16.0 Å². The van der Waals surface area contributed by atoms with Crippen molar-refractivity contribution < 1.29 is 14.3 Å². The second-order valence-corrected chi connectivity index (χ2v) is 6.52. The Bertz CT molecular complexity index is 537. The van der Waals surface area contributed by atoms with Crippen molar-refractivity contribution in [2.24, 2.45) is 11.3 Å². The molecule has 0 aromatic heterocycles. The minimum atomic E-state index is -0.360. The molecule has 1 aliphatic rings. The van der Waals surface area contributed by atoms with Crippen molar-refractivity contribution in [2.45, 2.75) is 20.3 Å². The first kappa shape index (κ1) is 16.3. The molecule has 1 saturated heterocycles. The molecule has 1 aromatic rings. The smallest absolute Gasteiger partial charge is 0.174 e. The molecule has 5 heteroatoms. The van der Waals surface area contributed by atoms with E-state index in [0.717, 1.165) is 19.5 Å². The van der Waals surface area contributed by atoms with Crippen molar-refractivity contribution in [3.05, 3.63) is 22.2 Å². The highest BCUT2D eigenvalue weighted by atomic mass is 79.9. The van der Waals surface area contributed by atoms with Gasteiger partial charge in [0.05, 0.1) is 19.8 Å². The Morgan fingerprint density at radius 2 is 2.05 bits per heavy atom. The Labute approximate surface area is 134 Å². The van der Waals surface area contributed by atoms with Crippen LogP contribution in [0.15, 0.2) is 16.6 Å². The number of ketones is 1. The molecule has 1 fully saturated rings. The van der Waals surface area contributed by atoms with E-state index in [0.29, 0.717) is 21.5 Å². The molecular formula is C16H22BrNO3. The van der Waals surface area contributed by atoms with E-state index in [-0.39, 0.29) is 17.1 Å². The van der Waals surface area contributed by atoms with Gasteiger partial charge in [-0.15, -0.1) is 0 Å². The van der Waals surface area contributed by atoms with Crippen LogP contribution < -0.4 is 14.8 Å². The van der Waals surface area contributed by atoms with E-state index in [1.807, 2.05) is 0 Å². The van der Waals surface area contributed by atoms with Gasteiger partial charge in [-0.1, -0.05) is 13.8 Å². The third kappa shape index (κ3) is 2.69. The predicted molar refractivity (Wildman–Crippen MR) is 86.3 cm³/mol. The first-order valence-corrected chi connectivity index (χ1v) is 7.93. The lowest BCUT2D eigenvalue weighted by atomic mass is 9.71. The lowest BCUT2D eigenvalue weighted by molar-refractivity contribution is 0.0736. The van der Waals surface area contributed by atoms with E-state index < -0.39 is 0 Å². The van der Waals surface area contributed by atoms with Crippen molar-refractivity contribution in [3.63, 3.8) is 0 Å². The highest BCUT2D eigenvalue weighted by molar-refractivity contribution is 9.10. The van der Waals surface area contributed by atoms with Gasteiger partial charge in [0.15, 0.2) is 5.78 Å². The molecule has 1 aromatic carbocycles. The minimum Gasteiger partial charge on any atom is -0.495 e. The fourth-order valence-electron chi connectivity index (χ4n) is 3.00. The number of rotatable bonds is 5. The monoisotopic (exact) mass is 355 g/mol. The summed E-state index contributed by atoms with van der Waals surface area (Å²) in [5.41, 5.74) is 0.254. The molecule has 1 aliphatic heterocycles. The van der Waals surface area contributed by atoms with Gasteiger partial charge in [-0.05, 0) is 46.9 Å². The summed E-state index contributed by atoms with van der Waals surface area (Å²) in [4.78, 5) is 13.2. The maximum absolute atomic E-state index is 13.2. The third-order valence-electron chi connectivity index (χ3n) is 4.48. The maximum atomic E-state index is 13.2. The van der Waals surface area contributed by atoms with Crippen LogP contribution in [0.1, 0.15) is 30.6 Å². The summed E-state index contributed by atoms with van der Waals surface area (Å²) < 4.78 is 11.4. The molecule has 1 unspecified atom stereocenters. The van der Waals surface area contributed by atoms with E-state index in [1.165, 1.54) is 0 Å². The Hall–Kier alpha value is -1.07. The highest BCUT2D eigenvalue weighted by Gasteiger charge is 2.45. The van der Waals surface area contributed by atoms with E-state index in [4.69, 9.17) is 9.47 Å². The molecule has 21 heavy (non-hydrogen) atoms. The van der Waals surface area contributed by atoms with E-state index in [9.17, 15) is 4.79 Å². The molecule has 0 spiro atoms. The predicted octanol–water partition coefficient (Wildman–Crippen LogP) is 3.28. The lowest BCUT2D eigenvalue weighted by Gasteiger charge is -2.31. The third-order valence-corrected chi connectivity index (χ3v) is 5.23. The highest BCUT2D eigenvalue weighted by Crippen LogP contribution is 2.43. The van der Waals surface area contributed by atoms with Gasteiger partial charge in [0.2, 0.25) is 0 Å². The largest absolute Gasteiger partial charge is 0.495 e. The summed E-state index contributed by atoms with van der Waals surface area (Å²) in [6, 6.07) is 3.60. The molecule has 0 amide bonds. The number of hydrogen-bond donors (Lipinski definition) is 1. The van der Waals surface area contributed by atoms with Crippen molar-refractivity contribution in [3.8, 4) is 11.5 Å². The van der Waals surface area contributed by atoms with Crippen molar-refractivity contribution >= 4 is 21.7 Å². The average molecular weight is 356 g/mol. The van der Waals surface area contributed by atoms with Gasteiger partial charge < -0.3 is 14.8 Å². The molecule has 116 valence electrons. The van der Waals surface area contributed by atoms with Crippen LogP contribution in [-0.2, 0) is 0 Å². The van der Waals surface area contributed by atoms with Crippen LogP contribution in [0.3, 0.4) is 0 Å². The standard InChI is InChI=1S/C16H22BrNO3/c1-10(2)16(7-8-18-9-16)15(19)11-5-6-12(20-3)13(17)14(11)21-4/h5-6,10,18H,7-9H2,1-4H3. The van der Waals surface area contributed by atoms with Crippen LogP contribution in [0.25, 0.3) is 0 Å². The van der Waals surface area contributed by atoms with Crippen LogP contribution in [-0.4, -0.2) is 33.1 Å². The van der Waals surface area contributed by atoms with Crippen LogP contribution >= 0.6 is 15.9 Å². The molecule has 1 N–H and O–H groups in total. The van der Waals surface area contributed by atoms with Crippen molar-refractivity contribution in [1.29, 1.82) is 0 Å². The minimum absolute atomic E-state index is 0.141. The first-order chi connectivity index (χ1) is 9.97. The zero-order valence-corrected chi connectivity index (χ0v) is 14.5. The molecule has 4 nitrogen and oxygen atoms in total. The summed E-state index contributed by atoms with van der Waals surface area (Å²) in [5.74, 6) is 1.62. The Balaban J connectivity index is 2.50. The second-order valence-electron chi connectivity index (χ2n) is 5.73. The van der Waals surface area contributed by atoms with Crippen LogP contribution in [0.2, 0.25) is 0 Å². The SMILES string of the molecule is COc1ccc(C(=O)C2(C(C)C)CCNC2)c(OC)c1Br. The molecule has 0 saturated carbocycles. The zero-order chi connectivity index (χ0) is 15.6. The zero-order valence-electron chi connectivity index (χ0n) is 13.0.